The first kappa shape index (κ1) is 32.9. The van der Waals surface area contributed by atoms with Crippen LogP contribution in [0.1, 0.15) is 71.0 Å². The topological polar surface area (TPSA) is 66.8 Å². The Morgan fingerprint density at radius 1 is 0.935 bits per heavy atom. The summed E-state index contributed by atoms with van der Waals surface area (Å²) in [6.07, 6.45) is 10.7. The molecule has 0 amide bonds. The predicted octanol–water partition coefficient (Wildman–Crippen LogP) is 10.9. The minimum Gasteiger partial charge on any atom is -0.324 e. The van der Waals surface area contributed by atoms with Crippen LogP contribution in [0.2, 0.25) is 0 Å². The number of nitrogens with one attached hydrogen (secondary N) is 2. The molecule has 1 aromatic heterocycles. The lowest BCUT2D eigenvalue weighted by molar-refractivity contribution is 0.173. The van der Waals surface area contributed by atoms with Gasteiger partial charge in [0.05, 0.1) is 22.8 Å². The Morgan fingerprint density at radius 3 is 2.24 bits per heavy atom. The zero-order valence-electron chi connectivity index (χ0n) is 28.0. The molecule has 236 valence electrons. The van der Waals surface area contributed by atoms with E-state index >= 15 is 0 Å². The van der Waals surface area contributed by atoms with Gasteiger partial charge in [-0.1, -0.05) is 112 Å². The Balaban J connectivity index is 0.000000647. The highest BCUT2D eigenvalue weighted by Crippen LogP contribution is 2.41. The molecule has 0 radical (unpaired) electrons. The summed E-state index contributed by atoms with van der Waals surface area (Å²) in [4.78, 5) is 0. The van der Waals surface area contributed by atoms with Crippen LogP contribution < -0.4 is 11.1 Å². The molecule has 4 N–H and O–H groups in total. The summed E-state index contributed by atoms with van der Waals surface area (Å²) in [5.41, 5.74) is 12.4. The van der Waals surface area contributed by atoms with Gasteiger partial charge in [0.2, 0.25) is 0 Å². The van der Waals surface area contributed by atoms with E-state index in [2.05, 4.69) is 133 Å². The maximum Gasteiger partial charge on any atom is 0.0553 e. The Labute approximate surface area is 274 Å². The maximum atomic E-state index is 6.53. The van der Waals surface area contributed by atoms with E-state index in [-0.39, 0.29) is 17.6 Å². The summed E-state index contributed by atoms with van der Waals surface area (Å²) in [5.74, 6) is 0. The van der Waals surface area contributed by atoms with Gasteiger partial charge in [0.15, 0.2) is 0 Å². The maximum absolute atomic E-state index is 6.53. The molecule has 1 aliphatic rings. The first-order valence-electron chi connectivity index (χ1n) is 16.7. The molecule has 46 heavy (non-hydrogen) atoms. The molecule has 4 heteroatoms. The zero-order valence-corrected chi connectivity index (χ0v) is 28.0. The molecule has 1 saturated carbocycles. The van der Waals surface area contributed by atoms with Gasteiger partial charge in [-0.3, -0.25) is 0 Å². The van der Waals surface area contributed by atoms with Crippen molar-refractivity contribution < 1.29 is 0 Å². The molecule has 2 unspecified atom stereocenters. The molecule has 0 aliphatic heterocycles. The highest BCUT2D eigenvalue weighted by molar-refractivity contribution is 6.23. The van der Waals surface area contributed by atoms with E-state index in [0.29, 0.717) is 0 Å². The van der Waals surface area contributed by atoms with Crippen LogP contribution in [0.25, 0.3) is 55.1 Å². The van der Waals surface area contributed by atoms with E-state index < -0.39 is 0 Å². The number of nitrogens with two attached hydrogens (primary N) is 1. The fourth-order valence-electron chi connectivity index (χ4n) is 6.63. The third kappa shape index (κ3) is 6.03. The van der Waals surface area contributed by atoms with Crippen LogP contribution >= 0.6 is 0 Å². The third-order valence-electron chi connectivity index (χ3n) is 9.13. The third-order valence-corrected chi connectivity index (χ3v) is 9.13. The highest BCUT2D eigenvalue weighted by atomic mass is 15.0. The van der Waals surface area contributed by atoms with E-state index in [1.807, 2.05) is 26.8 Å². The predicted molar refractivity (Wildman–Crippen MR) is 203 cm³/mol. The van der Waals surface area contributed by atoms with Crippen LogP contribution in [0.3, 0.4) is 0 Å². The van der Waals surface area contributed by atoms with Crippen molar-refractivity contribution in [2.45, 2.75) is 71.5 Å². The van der Waals surface area contributed by atoms with Gasteiger partial charge in [0.25, 0.3) is 0 Å². The van der Waals surface area contributed by atoms with Crippen LogP contribution in [0.5, 0.6) is 0 Å². The van der Waals surface area contributed by atoms with Crippen LogP contribution in [0.4, 0.5) is 0 Å². The second-order valence-electron chi connectivity index (χ2n) is 12.1. The lowest BCUT2D eigenvalue weighted by atomic mass is 9.73. The Hall–Kier alpha value is -4.51. The summed E-state index contributed by atoms with van der Waals surface area (Å²) in [7, 11) is 0. The van der Waals surface area contributed by atoms with Gasteiger partial charge in [-0.05, 0) is 84.8 Å². The Bertz CT molecular complexity index is 2020. The van der Waals surface area contributed by atoms with Crippen molar-refractivity contribution in [3.63, 3.8) is 0 Å². The van der Waals surface area contributed by atoms with E-state index in [0.717, 1.165) is 19.3 Å². The number of rotatable bonds is 7. The Kier molecular flexibility index (Phi) is 10.2. The van der Waals surface area contributed by atoms with E-state index in [4.69, 9.17) is 11.1 Å². The number of benzene rings is 5. The summed E-state index contributed by atoms with van der Waals surface area (Å²) in [6.45, 7) is 14.4. The van der Waals surface area contributed by atoms with Crippen molar-refractivity contribution in [1.29, 1.82) is 5.41 Å². The van der Waals surface area contributed by atoms with Crippen molar-refractivity contribution in [3.05, 3.63) is 121 Å². The number of hydrogen-bond acceptors (Lipinski definition) is 3. The van der Waals surface area contributed by atoms with Crippen molar-refractivity contribution in [2.24, 2.45) is 5.73 Å². The van der Waals surface area contributed by atoms with Gasteiger partial charge in [-0.15, -0.1) is 6.58 Å². The van der Waals surface area contributed by atoms with Crippen LogP contribution in [0.15, 0.2) is 110 Å². The molecule has 5 aromatic carbocycles. The monoisotopic (exact) mass is 608 g/mol. The molecule has 1 fully saturated rings. The molecule has 1 aliphatic carbocycles. The van der Waals surface area contributed by atoms with E-state index in [9.17, 15) is 0 Å². The van der Waals surface area contributed by atoms with Gasteiger partial charge in [0.1, 0.15) is 0 Å². The second kappa shape index (κ2) is 14.3. The largest absolute Gasteiger partial charge is 0.324 e. The van der Waals surface area contributed by atoms with Crippen molar-refractivity contribution in [1.82, 2.24) is 9.88 Å². The molecule has 0 spiro atoms. The minimum absolute atomic E-state index is 0.0203. The SMILES string of the molecule is C=CC(NC1CC[C@@]1(C)N)c1ccc2c3c4ccccc4c(/C=C/C)cc3n(-c3cccc4ccccc34)c2c1.CC.CCC=N. The molecule has 4 nitrogen and oxygen atoms in total. The number of nitrogens with zero attached hydrogens (tertiary/aromatic N) is 1. The standard InChI is InChI=1S/C37H35N3.C3H7N.C2H6/c1-4-11-25-22-34-36(29-16-9-8-14-27(25)29)30-19-18-26(31(5-2)39-35-20-21-37(35,3)38)23-33(30)40(34)32-17-10-13-24-12-6-7-15-28(24)32;1-2-3-4;1-2/h4-19,22-23,31,35,39H,2,20-21,38H2,1,3H3;3-4H,2H2,1H3;1-2H3/b11-4+;;/t31?,35?,37-;;/m1../s1. The normalized spacial score (nSPS) is 18.1. The molecule has 0 saturated heterocycles. The van der Waals surface area contributed by atoms with Gasteiger partial charge in [-0.2, -0.15) is 0 Å². The molecule has 7 rings (SSSR count). The molecular formula is C42H48N4. The fraction of sp³-hybridized carbons (Fsp3) is 0.262. The Morgan fingerprint density at radius 2 is 1.61 bits per heavy atom. The molecular weight excluding hydrogens is 560 g/mol. The summed E-state index contributed by atoms with van der Waals surface area (Å²) in [5, 5.41) is 17.7. The van der Waals surface area contributed by atoms with Gasteiger partial charge < -0.3 is 21.0 Å². The smallest absolute Gasteiger partial charge is 0.0553 e. The van der Waals surface area contributed by atoms with Crippen LogP contribution in [-0.4, -0.2) is 22.4 Å². The van der Waals surface area contributed by atoms with Crippen LogP contribution in [-0.2, 0) is 0 Å². The van der Waals surface area contributed by atoms with Gasteiger partial charge in [-0.25, -0.2) is 0 Å². The number of aromatic nitrogens is 1. The van der Waals surface area contributed by atoms with Crippen molar-refractivity contribution in [3.8, 4) is 5.69 Å². The van der Waals surface area contributed by atoms with Crippen molar-refractivity contribution >= 4 is 55.6 Å². The van der Waals surface area contributed by atoms with Crippen molar-refractivity contribution in [2.75, 3.05) is 0 Å². The summed E-state index contributed by atoms with van der Waals surface area (Å²) >= 11 is 0. The summed E-state index contributed by atoms with van der Waals surface area (Å²) in [6, 6.07) is 33.6. The van der Waals surface area contributed by atoms with E-state index in [1.165, 1.54) is 66.4 Å². The highest BCUT2D eigenvalue weighted by Gasteiger charge is 2.39. The molecule has 6 aromatic rings. The number of fused-ring (bicyclic) bond motifs is 6. The average molecular weight is 609 g/mol. The molecule has 3 atom stereocenters. The second-order valence-corrected chi connectivity index (χ2v) is 12.1. The molecule has 1 heterocycles. The number of hydrogen-bond donors (Lipinski definition) is 3. The van der Waals surface area contributed by atoms with Gasteiger partial charge >= 0.3 is 0 Å². The molecule has 0 bridgehead atoms. The first-order valence-corrected chi connectivity index (χ1v) is 16.7. The lowest BCUT2D eigenvalue weighted by Crippen LogP contribution is -2.63. The fourth-order valence-corrected chi connectivity index (χ4v) is 6.63. The van der Waals surface area contributed by atoms with Crippen LogP contribution in [0, 0.1) is 5.41 Å². The average Bonchev–Trinajstić information content (AvgIpc) is 3.42. The quantitative estimate of drug-likeness (QED) is 0.125. The summed E-state index contributed by atoms with van der Waals surface area (Å²) < 4.78 is 2.46. The zero-order chi connectivity index (χ0) is 32.8. The first-order chi connectivity index (χ1) is 22.4. The number of allylic oxidation sites excluding steroid dienone is 1. The lowest BCUT2D eigenvalue weighted by Gasteiger charge is -2.46. The van der Waals surface area contributed by atoms with Gasteiger partial charge in [0, 0.05) is 27.7 Å². The van der Waals surface area contributed by atoms with E-state index in [1.54, 1.807) is 0 Å². The minimum atomic E-state index is -0.175.